The summed E-state index contributed by atoms with van der Waals surface area (Å²) in [6.45, 7) is 0.387. The topological polar surface area (TPSA) is 58.6 Å². The molecule has 0 radical (unpaired) electrons. The fraction of sp³-hybridized carbons (Fsp3) is 0.133. The monoisotopic (exact) mass is 291 g/mol. The Morgan fingerprint density at radius 3 is 2.75 bits per heavy atom. The van der Waals surface area contributed by atoms with Gasteiger partial charge in [0.2, 0.25) is 0 Å². The van der Waals surface area contributed by atoms with Crippen LogP contribution in [0.5, 0.6) is 5.75 Å². The number of hydrogen-bond donors (Lipinski definition) is 2. The molecule has 0 atom stereocenters. The van der Waals surface area contributed by atoms with Gasteiger partial charge in [-0.2, -0.15) is 0 Å². The van der Waals surface area contributed by atoms with Crippen LogP contribution in [0.2, 0.25) is 5.02 Å². The first-order valence-corrected chi connectivity index (χ1v) is 6.38. The summed E-state index contributed by atoms with van der Waals surface area (Å²) in [6, 6.07) is 11.9. The third-order valence-electron chi connectivity index (χ3n) is 2.85. The van der Waals surface area contributed by atoms with E-state index in [1.807, 2.05) is 6.07 Å². The van der Waals surface area contributed by atoms with Gasteiger partial charge in [-0.15, -0.1) is 0 Å². The molecule has 0 aliphatic carbocycles. The zero-order valence-corrected chi connectivity index (χ0v) is 11.6. The second kappa shape index (κ2) is 6.30. The van der Waals surface area contributed by atoms with E-state index in [1.54, 1.807) is 36.4 Å². The Kier molecular flexibility index (Phi) is 4.48. The molecule has 0 saturated carbocycles. The number of esters is 1. The Hall–Kier alpha value is -2.20. The Balaban J connectivity index is 2.21. The van der Waals surface area contributed by atoms with E-state index in [0.29, 0.717) is 22.8 Å². The van der Waals surface area contributed by atoms with Crippen LogP contribution in [-0.2, 0) is 11.3 Å². The van der Waals surface area contributed by atoms with Crippen molar-refractivity contribution < 1.29 is 14.6 Å². The van der Waals surface area contributed by atoms with Crippen LogP contribution in [0.15, 0.2) is 42.5 Å². The Morgan fingerprint density at radius 2 is 2.05 bits per heavy atom. The van der Waals surface area contributed by atoms with Gasteiger partial charge in [-0.25, -0.2) is 4.79 Å². The van der Waals surface area contributed by atoms with Crippen LogP contribution >= 0.6 is 11.6 Å². The number of halogens is 1. The first-order chi connectivity index (χ1) is 9.61. The minimum Gasteiger partial charge on any atom is -0.508 e. The van der Waals surface area contributed by atoms with Crippen molar-refractivity contribution in [2.75, 3.05) is 12.4 Å². The zero-order chi connectivity index (χ0) is 14.5. The summed E-state index contributed by atoms with van der Waals surface area (Å²) in [6.07, 6.45) is 0. The largest absolute Gasteiger partial charge is 0.508 e. The lowest BCUT2D eigenvalue weighted by Crippen LogP contribution is -2.08. The SMILES string of the molecule is COC(=O)c1cc(Cl)ccc1NCc1ccccc1O. The van der Waals surface area contributed by atoms with E-state index in [2.05, 4.69) is 5.32 Å². The van der Waals surface area contributed by atoms with E-state index in [1.165, 1.54) is 7.11 Å². The second-order valence-electron chi connectivity index (χ2n) is 4.16. The van der Waals surface area contributed by atoms with Crippen molar-refractivity contribution in [2.24, 2.45) is 0 Å². The van der Waals surface area contributed by atoms with Gasteiger partial charge in [-0.3, -0.25) is 0 Å². The molecule has 20 heavy (non-hydrogen) atoms. The van der Waals surface area contributed by atoms with Gasteiger partial charge >= 0.3 is 5.97 Å². The first kappa shape index (κ1) is 14.2. The number of ether oxygens (including phenoxy) is 1. The summed E-state index contributed by atoms with van der Waals surface area (Å²) in [5, 5.41) is 13.3. The standard InChI is InChI=1S/C15H14ClNO3/c1-20-15(19)12-8-11(16)6-7-13(12)17-9-10-4-2-3-5-14(10)18/h2-8,17-18H,9H2,1H3. The number of aromatic hydroxyl groups is 1. The molecule has 2 aromatic rings. The van der Waals surface area contributed by atoms with Crippen LogP contribution in [0.1, 0.15) is 15.9 Å². The van der Waals surface area contributed by atoms with E-state index in [-0.39, 0.29) is 5.75 Å². The predicted octanol–water partition coefficient (Wildman–Crippen LogP) is 3.44. The predicted molar refractivity (Wildman–Crippen MR) is 78.2 cm³/mol. The molecule has 104 valence electrons. The minimum atomic E-state index is -0.465. The lowest BCUT2D eigenvalue weighted by molar-refractivity contribution is 0.0602. The highest BCUT2D eigenvalue weighted by Gasteiger charge is 2.12. The number of phenols is 1. The molecular weight excluding hydrogens is 278 g/mol. The average Bonchev–Trinajstić information content (AvgIpc) is 2.46. The van der Waals surface area contributed by atoms with Crippen molar-refractivity contribution in [3.63, 3.8) is 0 Å². The Labute approximate surface area is 122 Å². The van der Waals surface area contributed by atoms with Crippen molar-refractivity contribution in [1.29, 1.82) is 0 Å². The third kappa shape index (κ3) is 3.22. The quantitative estimate of drug-likeness (QED) is 0.847. The zero-order valence-electron chi connectivity index (χ0n) is 10.9. The molecule has 0 fully saturated rings. The van der Waals surface area contributed by atoms with Gasteiger partial charge in [0.25, 0.3) is 0 Å². The molecule has 5 heteroatoms. The number of para-hydroxylation sites is 1. The molecular formula is C15H14ClNO3. The van der Waals surface area contributed by atoms with E-state index in [0.717, 1.165) is 5.56 Å². The van der Waals surface area contributed by atoms with E-state index >= 15 is 0 Å². The summed E-state index contributed by atoms with van der Waals surface area (Å²) < 4.78 is 4.72. The maximum absolute atomic E-state index is 11.7. The number of hydrogen-bond acceptors (Lipinski definition) is 4. The van der Waals surface area contributed by atoms with E-state index in [4.69, 9.17) is 16.3 Å². The molecule has 0 saturated heterocycles. The van der Waals surface area contributed by atoms with E-state index < -0.39 is 5.97 Å². The maximum atomic E-state index is 11.7. The molecule has 0 bridgehead atoms. The molecule has 0 amide bonds. The highest BCUT2D eigenvalue weighted by Crippen LogP contribution is 2.23. The van der Waals surface area contributed by atoms with Crippen LogP contribution in [0.3, 0.4) is 0 Å². The number of methoxy groups -OCH3 is 1. The Bertz CT molecular complexity index is 628. The van der Waals surface area contributed by atoms with Crippen LogP contribution < -0.4 is 5.32 Å². The maximum Gasteiger partial charge on any atom is 0.340 e. The molecule has 2 N–H and O–H groups in total. The second-order valence-corrected chi connectivity index (χ2v) is 4.60. The van der Waals surface area contributed by atoms with Gasteiger partial charge in [0.05, 0.1) is 12.7 Å². The van der Waals surface area contributed by atoms with Gasteiger partial charge in [0.1, 0.15) is 5.75 Å². The van der Waals surface area contributed by atoms with Gasteiger partial charge in [0, 0.05) is 22.8 Å². The van der Waals surface area contributed by atoms with Crippen LogP contribution in [0.25, 0.3) is 0 Å². The van der Waals surface area contributed by atoms with Gasteiger partial charge in [-0.05, 0) is 24.3 Å². The summed E-state index contributed by atoms with van der Waals surface area (Å²) >= 11 is 5.88. The lowest BCUT2D eigenvalue weighted by atomic mass is 10.1. The average molecular weight is 292 g/mol. The number of carbonyl (C=O) groups excluding carboxylic acids is 1. The van der Waals surface area contributed by atoms with Crippen molar-refractivity contribution in [3.05, 3.63) is 58.6 Å². The number of carbonyl (C=O) groups is 1. The minimum absolute atomic E-state index is 0.202. The van der Waals surface area contributed by atoms with Crippen LogP contribution in [0.4, 0.5) is 5.69 Å². The number of rotatable bonds is 4. The van der Waals surface area contributed by atoms with Crippen molar-refractivity contribution in [3.8, 4) is 5.75 Å². The van der Waals surface area contributed by atoms with Crippen molar-refractivity contribution in [2.45, 2.75) is 6.54 Å². The molecule has 4 nitrogen and oxygen atoms in total. The highest BCUT2D eigenvalue weighted by molar-refractivity contribution is 6.31. The molecule has 0 heterocycles. The fourth-order valence-corrected chi connectivity index (χ4v) is 1.97. The normalized spacial score (nSPS) is 10.1. The molecule has 0 spiro atoms. The molecule has 2 rings (SSSR count). The fourth-order valence-electron chi connectivity index (χ4n) is 1.80. The summed E-state index contributed by atoms with van der Waals surface area (Å²) in [5.74, 6) is -0.263. The van der Waals surface area contributed by atoms with Crippen LogP contribution in [0, 0.1) is 0 Å². The van der Waals surface area contributed by atoms with Crippen LogP contribution in [-0.4, -0.2) is 18.2 Å². The third-order valence-corrected chi connectivity index (χ3v) is 3.08. The summed E-state index contributed by atoms with van der Waals surface area (Å²) in [7, 11) is 1.32. The number of anilines is 1. The molecule has 0 aliphatic rings. The number of nitrogens with one attached hydrogen (secondary N) is 1. The van der Waals surface area contributed by atoms with Crippen molar-refractivity contribution >= 4 is 23.3 Å². The number of phenolic OH excluding ortho intramolecular Hbond substituents is 1. The van der Waals surface area contributed by atoms with Gasteiger partial charge in [0.15, 0.2) is 0 Å². The molecule has 2 aromatic carbocycles. The number of benzene rings is 2. The molecule has 0 aliphatic heterocycles. The Morgan fingerprint density at radius 1 is 1.30 bits per heavy atom. The molecule has 0 unspecified atom stereocenters. The summed E-state index contributed by atoms with van der Waals surface area (Å²) in [4.78, 5) is 11.7. The first-order valence-electron chi connectivity index (χ1n) is 6.00. The molecule has 0 aromatic heterocycles. The smallest absolute Gasteiger partial charge is 0.340 e. The lowest BCUT2D eigenvalue weighted by Gasteiger charge is -2.12. The summed E-state index contributed by atoms with van der Waals surface area (Å²) in [5.41, 5.74) is 1.69. The van der Waals surface area contributed by atoms with Gasteiger partial charge < -0.3 is 15.2 Å². The van der Waals surface area contributed by atoms with Gasteiger partial charge in [-0.1, -0.05) is 29.8 Å². The highest BCUT2D eigenvalue weighted by atomic mass is 35.5. The van der Waals surface area contributed by atoms with E-state index in [9.17, 15) is 9.90 Å². The van der Waals surface area contributed by atoms with Crippen molar-refractivity contribution in [1.82, 2.24) is 0 Å².